The molecule has 0 bridgehead atoms. The van der Waals surface area contributed by atoms with Crippen LogP contribution in [0.25, 0.3) is 0 Å². The molecule has 1 aliphatic carbocycles. The molecule has 1 rings (SSSR count). The van der Waals surface area contributed by atoms with E-state index in [-0.39, 0.29) is 20.3 Å². The van der Waals surface area contributed by atoms with Crippen LogP contribution < -0.4 is 10.6 Å². The molecule has 2 amide bonds. The molecule has 1 fully saturated rings. The van der Waals surface area contributed by atoms with Crippen LogP contribution in [0, 0.1) is 5.92 Å². The van der Waals surface area contributed by atoms with Crippen LogP contribution >= 0.6 is 0 Å². The second-order valence-electron chi connectivity index (χ2n) is 7.54. The Labute approximate surface area is 196 Å². The SMILES string of the molecule is CC.CCC(=O)C1(NC(=O)OC)CC1.CCN(CC)CC[C@@H](NC(=O)OC)C(=O)C(C)C.[HH].[HH]. The summed E-state index contributed by atoms with van der Waals surface area (Å²) in [5.41, 5.74) is -0.582. The minimum Gasteiger partial charge on any atom is -0.453 e. The Kier molecular flexibility index (Phi) is 17.4. The molecule has 0 spiro atoms. The Bertz CT molecular complexity index is 583. The maximum absolute atomic E-state index is 12.0. The highest BCUT2D eigenvalue weighted by molar-refractivity contribution is 5.94. The van der Waals surface area contributed by atoms with Crippen molar-refractivity contribution in [1.82, 2.24) is 15.5 Å². The Morgan fingerprint density at radius 3 is 1.81 bits per heavy atom. The number of carbonyl (C=O) groups excluding carboxylic acids is 4. The summed E-state index contributed by atoms with van der Waals surface area (Å²) >= 11 is 0. The first-order chi connectivity index (χ1) is 15.1. The van der Waals surface area contributed by atoms with Gasteiger partial charge < -0.3 is 25.0 Å². The number of alkyl carbamates (subject to hydrolysis) is 2. The van der Waals surface area contributed by atoms with Gasteiger partial charge in [-0.15, -0.1) is 0 Å². The van der Waals surface area contributed by atoms with Crippen LogP contribution in [0.15, 0.2) is 0 Å². The van der Waals surface area contributed by atoms with Gasteiger partial charge in [0.1, 0.15) is 5.54 Å². The zero-order valence-corrected chi connectivity index (χ0v) is 21.5. The summed E-state index contributed by atoms with van der Waals surface area (Å²) in [6.45, 7) is 16.3. The number of methoxy groups -OCH3 is 2. The van der Waals surface area contributed by atoms with E-state index in [1.807, 2.05) is 27.7 Å². The van der Waals surface area contributed by atoms with Crippen molar-refractivity contribution in [3.05, 3.63) is 0 Å². The molecule has 0 aromatic rings. The maximum atomic E-state index is 12.0. The van der Waals surface area contributed by atoms with Crippen molar-refractivity contribution in [2.24, 2.45) is 5.92 Å². The highest BCUT2D eigenvalue weighted by Gasteiger charge is 2.50. The summed E-state index contributed by atoms with van der Waals surface area (Å²) in [6, 6.07) is -0.460. The predicted molar refractivity (Wildman–Crippen MR) is 130 cm³/mol. The lowest BCUT2D eigenvalue weighted by Crippen LogP contribution is -2.44. The molecule has 0 aromatic heterocycles. The highest BCUT2D eigenvalue weighted by atomic mass is 16.5. The third-order valence-corrected chi connectivity index (χ3v) is 5.15. The van der Waals surface area contributed by atoms with Crippen LogP contribution in [0.1, 0.15) is 77.0 Å². The number of rotatable bonds is 11. The molecule has 0 aromatic carbocycles. The van der Waals surface area contributed by atoms with Gasteiger partial charge in [0.2, 0.25) is 0 Å². The molecule has 32 heavy (non-hydrogen) atoms. The average molecular weight is 464 g/mol. The van der Waals surface area contributed by atoms with E-state index in [1.165, 1.54) is 14.2 Å². The van der Waals surface area contributed by atoms with Crippen LogP contribution in [0.5, 0.6) is 0 Å². The number of nitrogens with zero attached hydrogens (tertiary/aromatic N) is 1. The molecule has 2 N–H and O–H groups in total. The quantitative estimate of drug-likeness (QED) is 0.475. The summed E-state index contributed by atoms with van der Waals surface area (Å²) in [5, 5.41) is 5.17. The minimum absolute atomic E-state index is 0. The molecule has 0 saturated heterocycles. The Hall–Kier alpha value is -2.16. The van der Waals surface area contributed by atoms with Gasteiger partial charge in [-0.05, 0) is 32.4 Å². The van der Waals surface area contributed by atoms with Crippen molar-refractivity contribution in [2.45, 2.75) is 85.7 Å². The molecule has 1 atom stereocenters. The summed E-state index contributed by atoms with van der Waals surface area (Å²) in [4.78, 5) is 47.5. The fourth-order valence-electron chi connectivity index (χ4n) is 2.92. The predicted octanol–water partition coefficient (Wildman–Crippen LogP) is 4.04. The molecule has 9 heteroatoms. The number of ether oxygens (including phenoxy) is 2. The summed E-state index contributed by atoms with van der Waals surface area (Å²) in [7, 11) is 2.60. The molecular formula is C23H49N3O6. The van der Waals surface area contributed by atoms with Crippen molar-refractivity contribution in [3.63, 3.8) is 0 Å². The molecule has 9 nitrogen and oxygen atoms in total. The van der Waals surface area contributed by atoms with Gasteiger partial charge in [0, 0.05) is 21.7 Å². The minimum atomic E-state index is -0.582. The van der Waals surface area contributed by atoms with Gasteiger partial charge in [0.25, 0.3) is 0 Å². The van der Waals surface area contributed by atoms with E-state index >= 15 is 0 Å². The van der Waals surface area contributed by atoms with E-state index in [1.54, 1.807) is 6.92 Å². The van der Waals surface area contributed by atoms with Crippen LogP contribution in [0.3, 0.4) is 0 Å². The molecule has 0 heterocycles. The number of hydrogen-bond donors (Lipinski definition) is 2. The number of carbonyl (C=O) groups is 4. The van der Waals surface area contributed by atoms with Gasteiger partial charge in [-0.3, -0.25) is 9.59 Å². The number of Topliss-reactive ketones (excluding diaryl/α,β-unsaturated/α-hetero) is 2. The first kappa shape index (κ1) is 32.0. The highest BCUT2D eigenvalue weighted by Crippen LogP contribution is 2.37. The number of hydrogen-bond acceptors (Lipinski definition) is 7. The van der Waals surface area contributed by atoms with E-state index in [0.717, 1.165) is 32.5 Å². The second-order valence-corrected chi connectivity index (χ2v) is 7.54. The van der Waals surface area contributed by atoms with Gasteiger partial charge in [0.15, 0.2) is 11.6 Å². The van der Waals surface area contributed by atoms with E-state index < -0.39 is 23.8 Å². The fraction of sp³-hybridized carbons (Fsp3) is 0.826. The third-order valence-electron chi connectivity index (χ3n) is 5.15. The third kappa shape index (κ3) is 12.0. The van der Waals surface area contributed by atoms with Crippen LogP contribution in [0.4, 0.5) is 9.59 Å². The Morgan fingerprint density at radius 2 is 1.47 bits per heavy atom. The van der Waals surface area contributed by atoms with Gasteiger partial charge in [-0.2, -0.15) is 0 Å². The summed E-state index contributed by atoms with van der Waals surface area (Å²) in [5.74, 6) is 0.0457. The van der Waals surface area contributed by atoms with E-state index in [2.05, 4.69) is 38.9 Å². The molecule has 1 saturated carbocycles. The van der Waals surface area contributed by atoms with Crippen LogP contribution in [-0.2, 0) is 19.1 Å². The van der Waals surface area contributed by atoms with Crippen molar-refractivity contribution < 1.29 is 31.5 Å². The van der Waals surface area contributed by atoms with Gasteiger partial charge in [-0.25, -0.2) is 9.59 Å². The van der Waals surface area contributed by atoms with Crippen molar-refractivity contribution >= 4 is 23.8 Å². The zero-order chi connectivity index (χ0) is 25.3. The molecule has 0 unspecified atom stereocenters. The summed E-state index contributed by atoms with van der Waals surface area (Å²) < 4.78 is 8.97. The number of amides is 2. The van der Waals surface area contributed by atoms with E-state index in [0.29, 0.717) is 12.8 Å². The topological polar surface area (TPSA) is 114 Å². The smallest absolute Gasteiger partial charge is 0.407 e. The standard InChI is InChI=1S/C13H26N2O3.C8H13NO3.C2H6.2H2/c1-6-15(7-2)9-8-11(12(16)10(3)4)14-13(17)18-5;1-3-6(10)8(4-5-8)9-7(11)12-2;1-2;;/h10-11H,6-9H2,1-5H3,(H,14,17);3-5H2,1-2H3,(H,9,11);1-2H3;2*1H/t11-;;;;/m1..../s1. The van der Waals surface area contributed by atoms with Crippen molar-refractivity contribution in [2.75, 3.05) is 33.9 Å². The molecule has 1 aliphatic rings. The van der Waals surface area contributed by atoms with Crippen LogP contribution in [-0.4, -0.2) is 74.1 Å². The number of nitrogens with one attached hydrogen (secondary N) is 2. The zero-order valence-electron chi connectivity index (χ0n) is 21.5. The fourth-order valence-corrected chi connectivity index (χ4v) is 2.92. The lowest BCUT2D eigenvalue weighted by molar-refractivity contribution is -0.124. The average Bonchev–Trinajstić information content (AvgIpc) is 3.59. The van der Waals surface area contributed by atoms with Gasteiger partial charge in [0.05, 0.1) is 20.3 Å². The second kappa shape index (κ2) is 17.4. The van der Waals surface area contributed by atoms with Crippen LogP contribution in [0.2, 0.25) is 0 Å². The van der Waals surface area contributed by atoms with E-state index in [4.69, 9.17) is 0 Å². The largest absolute Gasteiger partial charge is 0.453 e. The lowest BCUT2D eigenvalue weighted by atomic mass is 9.99. The Balaban J connectivity index is -0.000000246. The normalized spacial score (nSPS) is 14.1. The Morgan fingerprint density at radius 1 is 0.969 bits per heavy atom. The molecule has 192 valence electrons. The summed E-state index contributed by atoms with van der Waals surface area (Å²) in [6.07, 6.45) is 1.50. The molecule has 0 radical (unpaired) electrons. The molecule has 0 aliphatic heterocycles. The first-order valence-electron chi connectivity index (χ1n) is 11.6. The monoisotopic (exact) mass is 463 g/mol. The maximum Gasteiger partial charge on any atom is 0.407 e. The molecular weight excluding hydrogens is 414 g/mol. The number of ketones is 2. The van der Waals surface area contributed by atoms with Gasteiger partial charge in [-0.1, -0.05) is 48.5 Å². The lowest BCUT2D eigenvalue weighted by Gasteiger charge is -2.23. The van der Waals surface area contributed by atoms with Crippen molar-refractivity contribution in [1.29, 1.82) is 0 Å². The van der Waals surface area contributed by atoms with Gasteiger partial charge >= 0.3 is 12.2 Å². The first-order valence-corrected chi connectivity index (χ1v) is 11.6. The van der Waals surface area contributed by atoms with Crippen molar-refractivity contribution in [3.8, 4) is 0 Å². The van der Waals surface area contributed by atoms with E-state index in [9.17, 15) is 19.2 Å².